The molecule has 0 aliphatic heterocycles. The molecule has 0 saturated carbocycles. The maximum atomic E-state index is 11.8. The van der Waals surface area contributed by atoms with E-state index in [9.17, 15) is 4.79 Å². The fourth-order valence-electron chi connectivity index (χ4n) is 1.28. The Kier molecular flexibility index (Phi) is 7.34. The Morgan fingerprint density at radius 1 is 1.41 bits per heavy atom. The van der Waals surface area contributed by atoms with Crippen LogP contribution >= 0.6 is 12.4 Å². The Labute approximate surface area is 108 Å². The maximum absolute atomic E-state index is 11.8. The Morgan fingerprint density at radius 2 is 2.06 bits per heavy atom. The first-order chi connectivity index (χ1) is 7.69. The van der Waals surface area contributed by atoms with Gasteiger partial charge in [-0.25, -0.2) is 0 Å². The Hall–Kier alpha value is -1.26. The number of hydrogen-bond acceptors (Lipinski definition) is 3. The van der Waals surface area contributed by atoms with Gasteiger partial charge in [-0.3, -0.25) is 4.79 Å². The largest absolute Gasteiger partial charge is 0.496 e. The third kappa shape index (κ3) is 4.63. The molecule has 1 aromatic rings. The standard InChI is InChI=1S/C12H18N2O2.ClH/c1-9(13-2)8-14-12(15)10-6-4-5-7-11(10)16-3;/h4-7,9,13H,8H2,1-3H3,(H,14,15);1H. The Morgan fingerprint density at radius 3 is 2.65 bits per heavy atom. The summed E-state index contributed by atoms with van der Waals surface area (Å²) < 4.78 is 5.12. The van der Waals surface area contributed by atoms with Gasteiger partial charge in [0.1, 0.15) is 5.75 Å². The number of methoxy groups -OCH3 is 1. The highest BCUT2D eigenvalue weighted by atomic mass is 35.5. The SMILES string of the molecule is CNC(C)CNC(=O)c1ccccc1OC.Cl. The molecule has 1 unspecified atom stereocenters. The van der Waals surface area contributed by atoms with Crippen LogP contribution in [0.3, 0.4) is 0 Å². The number of amides is 1. The van der Waals surface area contributed by atoms with Gasteiger partial charge in [-0.05, 0) is 26.1 Å². The van der Waals surface area contributed by atoms with Crippen LogP contribution in [0.2, 0.25) is 0 Å². The average molecular weight is 259 g/mol. The molecule has 0 aliphatic carbocycles. The van der Waals surface area contributed by atoms with Crippen molar-refractivity contribution in [2.24, 2.45) is 0 Å². The van der Waals surface area contributed by atoms with E-state index in [-0.39, 0.29) is 24.4 Å². The van der Waals surface area contributed by atoms with Crippen LogP contribution in [0, 0.1) is 0 Å². The third-order valence-corrected chi connectivity index (χ3v) is 2.41. The fourth-order valence-corrected chi connectivity index (χ4v) is 1.28. The van der Waals surface area contributed by atoms with Gasteiger partial charge in [0, 0.05) is 12.6 Å². The van der Waals surface area contributed by atoms with Gasteiger partial charge < -0.3 is 15.4 Å². The molecule has 1 aromatic carbocycles. The first-order valence-electron chi connectivity index (χ1n) is 5.27. The predicted molar refractivity (Wildman–Crippen MR) is 71.1 cm³/mol. The van der Waals surface area contributed by atoms with Gasteiger partial charge in [-0.15, -0.1) is 12.4 Å². The molecule has 1 rings (SSSR count). The summed E-state index contributed by atoms with van der Waals surface area (Å²) >= 11 is 0. The summed E-state index contributed by atoms with van der Waals surface area (Å²) in [5.74, 6) is 0.483. The lowest BCUT2D eigenvalue weighted by molar-refractivity contribution is 0.0947. The molecule has 17 heavy (non-hydrogen) atoms. The van der Waals surface area contributed by atoms with Crippen molar-refractivity contribution in [3.63, 3.8) is 0 Å². The van der Waals surface area contributed by atoms with E-state index >= 15 is 0 Å². The normalized spacial score (nSPS) is 11.2. The second-order valence-corrected chi connectivity index (χ2v) is 3.60. The summed E-state index contributed by atoms with van der Waals surface area (Å²) in [6.07, 6.45) is 0. The van der Waals surface area contributed by atoms with Crippen molar-refractivity contribution >= 4 is 18.3 Å². The summed E-state index contributed by atoms with van der Waals surface area (Å²) in [4.78, 5) is 11.8. The summed E-state index contributed by atoms with van der Waals surface area (Å²) in [7, 11) is 3.42. The van der Waals surface area contributed by atoms with Gasteiger partial charge in [0.15, 0.2) is 0 Å². The van der Waals surface area contributed by atoms with E-state index in [0.717, 1.165) is 0 Å². The number of carbonyl (C=O) groups is 1. The Balaban J connectivity index is 0.00000256. The van der Waals surface area contributed by atoms with E-state index < -0.39 is 0 Å². The number of halogens is 1. The zero-order chi connectivity index (χ0) is 12.0. The molecular formula is C12H19ClN2O2. The van der Waals surface area contributed by atoms with Crippen molar-refractivity contribution in [2.75, 3.05) is 20.7 Å². The van der Waals surface area contributed by atoms with Crippen LogP contribution in [-0.2, 0) is 0 Å². The summed E-state index contributed by atoms with van der Waals surface area (Å²) in [5, 5.41) is 5.90. The van der Waals surface area contributed by atoms with E-state index in [2.05, 4.69) is 10.6 Å². The van der Waals surface area contributed by atoms with Crippen LogP contribution in [0.1, 0.15) is 17.3 Å². The van der Waals surface area contributed by atoms with Gasteiger partial charge in [-0.1, -0.05) is 12.1 Å². The maximum Gasteiger partial charge on any atom is 0.255 e. The van der Waals surface area contributed by atoms with Crippen molar-refractivity contribution < 1.29 is 9.53 Å². The molecule has 0 aliphatic rings. The summed E-state index contributed by atoms with van der Waals surface area (Å²) in [6.45, 7) is 2.59. The first kappa shape index (κ1) is 15.7. The molecule has 1 atom stereocenters. The molecular weight excluding hydrogens is 240 g/mol. The topological polar surface area (TPSA) is 50.4 Å². The minimum absolute atomic E-state index is 0. The number of rotatable bonds is 5. The number of ether oxygens (including phenoxy) is 1. The number of nitrogens with one attached hydrogen (secondary N) is 2. The summed E-state index contributed by atoms with van der Waals surface area (Å²) in [5.41, 5.74) is 0.563. The highest BCUT2D eigenvalue weighted by Crippen LogP contribution is 2.16. The average Bonchev–Trinajstić information content (AvgIpc) is 2.35. The lowest BCUT2D eigenvalue weighted by Crippen LogP contribution is -2.37. The van der Waals surface area contributed by atoms with Gasteiger partial charge in [0.05, 0.1) is 12.7 Å². The summed E-state index contributed by atoms with van der Waals surface area (Å²) in [6, 6.07) is 7.43. The zero-order valence-electron chi connectivity index (χ0n) is 10.3. The lowest BCUT2D eigenvalue weighted by Gasteiger charge is -2.12. The van der Waals surface area contributed by atoms with E-state index in [0.29, 0.717) is 17.9 Å². The molecule has 0 fully saturated rings. The van der Waals surface area contributed by atoms with E-state index in [1.54, 1.807) is 19.2 Å². The number of hydrogen-bond donors (Lipinski definition) is 2. The molecule has 1 amide bonds. The van der Waals surface area contributed by atoms with Crippen LogP contribution in [0.15, 0.2) is 24.3 Å². The van der Waals surface area contributed by atoms with E-state index in [1.165, 1.54) is 0 Å². The van der Waals surface area contributed by atoms with Crippen molar-refractivity contribution in [2.45, 2.75) is 13.0 Å². The molecule has 0 saturated heterocycles. The van der Waals surface area contributed by atoms with Gasteiger partial charge in [0.25, 0.3) is 5.91 Å². The Bertz CT molecular complexity index is 358. The zero-order valence-corrected chi connectivity index (χ0v) is 11.1. The molecule has 4 nitrogen and oxygen atoms in total. The molecule has 0 bridgehead atoms. The van der Waals surface area contributed by atoms with Crippen molar-refractivity contribution in [3.05, 3.63) is 29.8 Å². The number of benzene rings is 1. The molecule has 0 radical (unpaired) electrons. The monoisotopic (exact) mass is 258 g/mol. The number of carbonyl (C=O) groups excluding carboxylic acids is 1. The second-order valence-electron chi connectivity index (χ2n) is 3.60. The third-order valence-electron chi connectivity index (χ3n) is 2.41. The number of para-hydroxylation sites is 1. The van der Waals surface area contributed by atoms with Crippen molar-refractivity contribution in [3.8, 4) is 5.75 Å². The van der Waals surface area contributed by atoms with Crippen LogP contribution in [-0.4, -0.2) is 32.7 Å². The highest BCUT2D eigenvalue weighted by molar-refractivity contribution is 5.96. The fraction of sp³-hybridized carbons (Fsp3) is 0.417. The molecule has 0 aromatic heterocycles. The van der Waals surface area contributed by atoms with Crippen LogP contribution in [0.25, 0.3) is 0 Å². The highest BCUT2D eigenvalue weighted by Gasteiger charge is 2.11. The molecule has 5 heteroatoms. The van der Waals surface area contributed by atoms with E-state index in [1.807, 2.05) is 26.1 Å². The molecule has 2 N–H and O–H groups in total. The molecule has 0 heterocycles. The quantitative estimate of drug-likeness (QED) is 0.841. The van der Waals surface area contributed by atoms with Crippen molar-refractivity contribution in [1.82, 2.24) is 10.6 Å². The van der Waals surface area contributed by atoms with Crippen LogP contribution in [0.5, 0.6) is 5.75 Å². The second kappa shape index (κ2) is 7.92. The molecule has 0 spiro atoms. The predicted octanol–water partition coefficient (Wildman–Crippen LogP) is 1.45. The lowest BCUT2D eigenvalue weighted by atomic mass is 10.2. The van der Waals surface area contributed by atoms with Crippen LogP contribution in [0.4, 0.5) is 0 Å². The van der Waals surface area contributed by atoms with Gasteiger partial charge in [0.2, 0.25) is 0 Å². The smallest absolute Gasteiger partial charge is 0.255 e. The number of likely N-dealkylation sites (N-methyl/N-ethyl adjacent to an activating group) is 1. The van der Waals surface area contributed by atoms with Crippen molar-refractivity contribution in [1.29, 1.82) is 0 Å². The minimum Gasteiger partial charge on any atom is -0.496 e. The first-order valence-corrected chi connectivity index (χ1v) is 5.27. The molecule has 96 valence electrons. The minimum atomic E-state index is -0.112. The van der Waals surface area contributed by atoms with Gasteiger partial charge >= 0.3 is 0 Å². The van der Waals surface area contributed by atoms with Crippen LogP contribution < -0.4 is 15.4 Å². The van der Waals surface area contributed by atoms with E-state index in [4.69, 9.17) is 4.74 Å². The van der Waals surface area contributed by atoms with Gasteiger partial charge in [-0.2, -0.15) is 0 Å².